The zero-order valence-corrected chi connectivity index (χ0v) is 12.8. The molecule has 0 saturated heterocycles. The SMILES string of the molecule is CC(C)(C)c1cc(F)c2cc(C(C)(C)C)sc2c1. The molecule has 0 amide bonds. The Kier molecular flexibility index (Phi) is 3.05. The fourth-order valence-corrected chi connectivity index (χ4v) is 3.07. The van der Waals surface area contributed by atoms with E-state index in [9.17, 15) is 4.39 Å². The van der Waals surface area contributed by atoms with Gasteiger partial charge in [0.1, 0.15) is 5.82 Å². The third-order valence-corrected chi connectivity index (χ3v) is 4.70. The maximum Gasteiger partial charge on any atom is 0.132 e. The maximum atomic E-state index is 14.2. The van der Waals surface area contributed by atoms with E-state index < -0.39 is 0 Å². The van der Waals surface area contributed by atoms with Gasteiger partial charge in [-0.05, 0) is 34.6 Å². The molecule has 0 unspecified atom stereocenters. The molecule has 0 radical (unpaired) electrons. The Morgan fingerprint density at radius 3 is 2.00 bits per heavy atom. The molecule has 2 heteroatoms. The molecule has 98 valence electrons. The van der Waals surface area contributed by atoms with Crippen molar-refractivity contribution >= 4 is 21.4 Å². The number of rotatable bonds is 0. The third-order valence-electron chi connectivity index (χ3n) is 3.19. The van der Waals surface area contributed by atoms with E-state index in [1.807, 2.05) is 6.07 Å². The molecular formula is C16H21FS. The minimum Gasteiger partial charge on any atom is -0.206 e. The van der Waals surface area contributed by atoms with E-state index in [4.69, 9.17) is 0 Å². The molecule has 2 aromatic rings. The molecular weight excluding hydrogens is 243 g/mol. The summed E-state index contributed by atoms with van der Waals surface area (Å²) in [5.74, 6) is -0.0934. The van der Waals surface area contributed by atoms with E-state index in [1.54, 1.807) is 17.4 Å². The van der Waals surface area contributed by atoms with Crippen molar-refractivity contribution in [3.05, 3.63) is 34.5 Å². The van der Waals surface area contributed by atoms with Crippen molar-refractivity contribution in [3.63, 3.8) is 0 Å². The van der Waals surface area contributed by atoms with E-state index in [0.717, 1.165) is 15.6 Å². The van der Waals surface area contributed by atoms with Crippen LogP contribution in [0.3, 0.4) is 0 Å². The van der Waals surface area contributed by atoms with E-state index >= 15 is 0 Å². The Labute approximate surface area is 113 Å². The molecule has 0 saturated carbocycles. The monoisotopic (exact) mass is 264 g/mol. The lowest BCUT2D eigenvalue weighted by molar-refractivity contribution is 0.577. The highest BCUT2D eigenvalue weighted by atomic mass is 32.1. The highest BCUT2D eigenvalue weighted by molar-refractivity contribution is 7.19. The summed E-state index contributed by atoms with van der Waals surface area (Å²) in [6, 6.07) is 5.82. The number of hydrogen-bond acceptors (Lipinski definition) is 1. The predicted octanol–water partition coefficient (Wildman–Crippen LogP) is 5.64. The van der Waals surface area contributed by atoms with Crippen LogP contribution in [0.1, 0.15) is 52.0 Å². The number of fused-ring (bicyclic) bond motifs is 1. The molecule has 0 bridgehead atoms. The third kappa shape index (κ3) is 2.44. The second-order valence-electron chi connectivity index (χ2n) is 6.98. The Morgan fingerprint density at radius 2 is 1.50 bits per heavy atom. The standard InChI is InChI=1S/C16H21FS/c1-15(2,3)10-7-12(17)11-9-14(16(4,5)6)18-13(11)8-10/h7-9H,1-6H3. The smallest absolute Gasteiger partial charge is 0.132 e. The van der Waals surface area contributed by atoms with Gasteiger partial charge in [-0.15, -0.1) is 11.3 Å². The molecule has 0 aliphatic carbocycles. The minimum atomic E-state index is -0.0934. The fourth-order valence-electron chi connectivity index (χ4n) is 1.90. The van der Waals surface area contributed by atoms with Crippen LogP contribution in [-0.2, 0) is 10.8 Å². The van der Waals surface area contributed by atoms with Gasteiger partial charge >= 0.3 is 0 Å². The molecule has 0 spiro atoms. The Bertz CT molecular complexity index is 579. The van der Waals surface area contributed by atoms with Crippen molar-refractivity contribution in [2.24, 2.45) is 0 Å². The van der Waals surface area contributed by atoms with Crippen molar-refractivity contribution in [1.29, 1.82) is 0 Å². The molecule has 0 N–H and O–H groups in total. The lowest BCUT2D eigenvalue weighted by atomic mass is 9.86. The Morgan fingerprint density at radius 1 is 0.889 bits per heavy atom. The first kappa shape index (κ1) is 13.5. The molecule has 1 aromatic carbocycles. The van der Waals surface area contributed by atoms with Gasteiger partial charge in [-0.3, -0.25) is 0 Å². The summed E-state index contributed by atoms with van der Waals surface area (Å²) >= 11 is 1.71. The normalized spacial score (nSPS) is 13.3. The maximum absolute atomic E-state index is 14.2. The largest absolute Gasteiger partial charge is 0.206 e. The Balaban J connectivity index is 2.67. The lowest BCUT2D eigenvalue weighted by Crippen LogP contribution is -2.11. The molecule has 0 fully saturated rings. The van der Waals surface area contributed by atoms with Crippen LogP contribution in [0, 0.1) is 5.82 Å². The summed E-state index contributed by atoms with van der Waals surface area (Å²) in [4.78, 5) is 1.24. The fraction of sp³-hybridized carbons (Fsp3) is 0.500. The molecule has 0 nitrogen and oxygen atoms in total. The van der Waals surface area contributed by atoms with Gasteiger partial charge in [0.05, 0.1) is 0 Å². The van der Waals surface area contributed by atoms with Gasteiger partial charge in [0, 0.05) is 15.0 Å². The van der Waals surface area contributed by atoms with Crippen molar-refractivity contribution in [1.82, 2.24) is 0 Å². The predicted molar refractivity (Wildman–Crippen MR) is 79.2 cm³/mol. The summed E-state index contributed by atoms with van der Waals surface area (Å²) in [6.45, 7) is 12.9. The van der Waals surface area contributed by atoms with E-state index in [0.29, 0.717) is 0 Å². The highest BCUT2D eigenvalue weighted by Crippen LogP contribution is 2.37. The molecule has 0 aliphatic rings. The van der Waals surface area contributed by atoms with Gasteiger partial charge in [-0.25, -0.2) is 4.39 Å². The van der Waals surface area contributed by atoms with Gasteiger partial charge < -0.3 is 0 Å². The second kappa shape index (κ2) is 4.06. The average molecular weight is 264 g/mol. The van der Waals surface area contributed by atoms with Crippen LogP contribution in [0.5, 0.6) is 0 Å². The van der Waals surface area contributed by atoms with Crippen molar-refractivity contribution in [2.75, 3.05) is 0 Å². The van der Waals surface area contributed by atoms with Crippen LogP contribution in [0.2, 0.25) is 0 Å². The van der Waals surface area contributed by atoms with Gasteiger partial charge in [0.25, 0.3) is 0 Å². The van der Waals surface area contributed by atoms with Crippen molar-refractivity contribution in [2.45, 2.75) is 52.4 Å². The number of hydrogen-bond donors (Lipinski definition) is 0. The summed E-state index contributed by atoms with van der Waals surface area (Å²) in [7, 11) is 0. The Hall–Kier alpha value is -0.890. The summed E-state index contributed by atoms with van der Waals surface area (Å²) < 4.78 is 15.2. The first-order valence-corrected chi connectivity index (χ1v) is 7.15. The zero-order valence-electron chi connectivity index (χ0n) is 12.0. The quantitative estimate of drug-likeness (QED) is 0.578. The molecule has 18 heavy (non-hydrogen) atoms. The van der Waals surface area contributed by atoms with E-state index in [-0.39, 0.29) is 16.6 Å². The van der Waals surface area contributed by atoms with E-state index in [1.165, 1.54) is 4.88 Å². The molecule has 1 heterocycles. The summed E-state index contributed by atoms with van der Waals surface area (Å²) in [5, 5.41) is 0.762. The lowest BCUT2D eigenvalue weighted by Gasteiger charge is -2.19. The number of thiophene rings is 1. The first-order valence-electron chi connectivity index (χ1n) is 6.33. The minimum absolute atomic E-state index is 0.0130. The van der Waals surface area contributed by atoms with Crippen molar-refractivity contribution < 1.29 is 4.39 Å². The van der Waals surface area contributed by atoms with Gasteiger partial charge in [0.2, 0.25) is 0 Å². The number of halogens is 1. The summed E-state index contributed by atoms with van der Waals surface area (Å²) in [5.41, 5.74) is 1.13. The molecule has 0 aliphatic heterocycles. The van der Waals surface area contributed by atoms with Crippen LogP contribution in [0.25, 0.3) is 10.1 Å². The number of benzene rings is 1. The van der Waals surface area contributed by atoms with Crippen LogP contribution in [0.15, 0.2) is 18.2 Å². The highest BCUT2D eigenvalue weighted by Gasteiger charge is 2.21. The zero-order chi connectivity index (χ0) is 13.7. The van der Waals surface area contributed by atoms with Gasteiger partial charge in [-0.2, -0.15) is 0 Å². The second-order valence-corrected chi connectivity index (χ2v) is 8.06. The molecule has 0 atom stereocenters. The summed E-state index contributed by atoms with van der Waals surface area (Å²) in [6.07, 6.45) is 0. The molecule has 2 rings (SSSR count). The molecule has 1 aromatic heterocycles. The van der Waals surface area contributed by atoms with Crippen LogP contribution < -0.4 is 0 Å². The topological polar surface area (TPSA) is 0 Å². The van der Waals surface area contributed by atoms with Crippen LogP contribution >= 0.6 is 11.3 Å². The van der Waals surface area contributed by atoms with Gasteiger partial charge in [0.15, 0.2) is 0 Å². The van der Waals surface area contributed by atoms with Crippen molar-refractivity contribution in [3.8, 4) is 0 Å². The average Bonchev–Trinajstić information content (AvgIpc) is 2.59. The van der Waals surface area contributed by atoms with Crippen LogP contribution in [-0.4, -0.2) is 0 Å². The first-order chi connectivity index (χ1) is 8.09. The van der Waals surface area contributed by atoms with Crippen LogP contribution in [0.4, 0.5) is 4.39 Å². The van der Waals surface area contributed by atoms with Gasteiger partial charge in [-0.1, -0.05) is 41.5 Å². The van der Waals surface area contributed by atoms with E-state index in [2.05, 4.69) is 47.6 Å².